The number of anilines is 1. The van der Waals surface area contributed by atoms with Crippen LogP contribution in [0.3, 0.4) is 0 Å². The van der Waals surface area contributed by atoms with E-state index >= 15 is 0 Å². The van der Waals surface area contributed by atoms with Crippen molar-refractivity contribution in [2.24, 2.45) is 0 Å². The van der Waals surface area contributed by atoms with Crippen molar-refractivity contribution >= 4 is 33.1 Å². The molecule has 1 N–H and O–H groups in total. The SMILES string of the molecule is CN(C)S(=O)(=O)N(C)c1ccc(C(=O)NCc2nc(-c3cccs3)no2)cc1. The Hall–Kier alpha value is -2.76. The molecule has 0 unspecified atom stereocenters. The zero-order valence-corrected chi connectivity index (χ0v) is 17.1. The highest BCUT2D eigenvalue weighted by atomic mass is 32.2. The molecule has 148 valence electrons. The van der Waals surface area contributed by atoms with Gasteiger partial charge in [0.05, 0.1) is 17.1 Å². The van der Waals surface area contributed by atoms with Crippen LogP contribution in [-0.2, 0) is 16.8 Å². The Morgan fingerprint density at radius 2 is 1.89 bits per heavy atom. The molecular formula is C17H19N5O4S2. The second kappa shape index (κ2) is 8.09. The summed E-state index contributed by atoms with van der Waals surface area (Å²) in [6.45, 7) is 0.0911. The number of carbonyl (C=O) groups is 1. The van der Waals surface area contributed by atoms with Gasteiger partial charge in [-0.3, -0.25) is 9.10 Å². The van der Waals surface area contributed by atoms with Gasteiger partial charge < -0.3 is 9.84 Å². The molecule has 0 spiro atoms. The molecule has 0 saturated heterocycles. The summed E-state index contributed by atoms with van der Waals surface area (Å²) in [4.78, 5) is 17.4. The Bertz CT molecular complexity index is 1040. The number of nitrogens with one attached hydrogen (secondary N) is 1. The largest absolute Gasteiger partial charge is 0.343 e. The summed E-state index contributed by atoms with van der Waals surface area (Å²) >= 11 is 1.50. The zero-order chi connectivity index (χ0) is 20.3. The molecule has 0 saturated carbocycles. The summed E-state index contributed by atoms with van der Waals surface area (Å²) in [6.07, 6.45) is 0. The normalized spacial score (nSPS) is 11.6. The van der Waals surface area contributed by atoms with Gasteiger partial charge in [-0.2, -0.15) is 17.7 Å². The van der Waals surface area contributed by atoms with E-state index in [1.807, 2.05) is 17.5 Å². The van der Waals surface area contributed by atoms with E-state index < -0.39 is 10.2 Å². The van der Waals surface area contributed by atoms with Gasteiger partial charge in [0, 0.05) is 26.7 Å². The molecular weight excluding hydrogens is 402 g/mol. The highest BCUT2D eigenvalue weighted by Crippen LogP contribution is 2.21. The van der Waals surface area contributed by atoms with Gasteiger partial charge in [-0.25, -0.2) is 0 Å². The van der Waals surface area contributed by atoms with Gasteiger partial charge in [0.1, 0.15) is 0 Å². The number of carbonyl (C=O) groups excluding carboxylic acids is 1. The van der Waals surface area contributed by atoms with Crippen LogP contribution in [-0.4, -0.2) is 49.9 Å². The summed E-state index contributed by atoms with van der Waals surface area (Å²) < 4.78 is 31.7. The Morgan fingerprint density at radius 3 is 2.50 bits per heavy atom. The maximum atomic E-state index is 12.3. The van der Waals surface area contributed by atoms with Crippen LogP contribution in [0.15, 0.2) is 46.3 Å². The summed E-state index contributed by atoms with van der Waals surface area (Å²) in [5.41, 5.74) is 0.833. The summed E-state index contributed by atoms with van der Waals surface area (Å²) in [7, 11) is 0.770. The van der Waals surface area contributed by atoms with Crippen molar-refractivity contribution in [3.8, 4) is 10.7 Å². The van der Waals surface area contributed by atoms with Gasteiger partial charge in [-0.1, -0.05) is 11.2 Å². The van der Waals surface area contributed by atoms with Crippen molar-refractivity contribution in [3.63, 3.8) is 0 Å². The van der Waals surface area contributed by atoms with E-state index in [2.05, 4.69) is 15.5 Å². The maximum absolute atomic E-state index is 12.3. The number of nitrogens with zero attached hydrogens (tertiary/aromatic N) is 4. The molecule has 9 nitrogen and oxygen atoms in total. The first kappa shape index (κ1) is 20.0. The molecule has 0 atom stereocenters. The van der Waals surface area contributed by atoms with Crippen molar-refractivity contribution in [2.75, 3.05) is 25.4 Å². The van der Waals surface area contributed by atoms with Gasteiger partial charge in [0.25, 0.3) is 5.91 Å². The van der Waals surface area contributed by atoms with Crippen LogP contribution >= 0.6 is 11.3 Å². The molecule has 1 aromatic carbocycles. The number of aromatic nitrogens is 2. The average molecular weight is 422 g/mol. The van der Waals surface area contributed by atoms with Crippen LogP contribution in [0.1, 0.15) is 16.2 Å². The van der Waals surface area contributed by atoms with E-state index in [1.54, 1.807) is 24.3 Å². The van der Waals surface area contributed by atoms with Gasteiger partial charge in [0.2, 0.25) is 11.7 Å². The van der Waals surface area contributed by atoms with Crippen LogP contribution in [0.25, 0.3) is 10.7 Å². The standard InChI is InChI=1S/C17H19N5O4S2/c1-21(2)28(24,25)22(3)13-8-6-12(7-9-13)17(23)18-11-15-19-16(20-26-15)14-5-4-10-27-14/h4-10H,11H2,1-3H3,(H,18,23). The lowest BCUT2D eigenvalue weighted by Gasteiger charge is -2.23. The smallest absolute Gasteiger partial charge is 0.303 e. The van der Waals surface area contributed by atoms with Crippen LogP contribution in [0, 0.1) is 0 Å². The summed E-state index contributed by atoms with van der Waals surface area (Å²) in [5.74, 6) is 0.444. The minimum absolute atomic E-state index is 0.0911. The van der Waals surface area contributed by atoms with E-state index in [1.165, 1.54) is 32.5 Å². The van der Waals surface area contributed by atoms with Crippen molar-refractivity contribution in [2.45, 2.75) is 6.54 Å². The topological polar surface area (TPSA) is 109 Å². The molecule has 1 amide bonds. The van der Waals surface area contributed by atoms with E-state index in [-0.39, 0.29) is 12.5 Å². The second-order valence-corrected chi connectivity index (χ2v) is 9.10. The van der Waals surface area contributed by atoms with Crippen LogP contribution in [0.4, 0.5) is 5.69 Å². The lowest BCUT2D eigenvalue weighted by molar-refractivity contribution is 0.0946. The van der Waals surface area contributed by atoms with Crippen molar-refractivity contribution in [1.29, 1.82) is 0 Å². The molecule has 0 radical (unpaired) electrons. The quantitative estimate of drug-likeness (QED) is 0.625. The van der Waals surface area contributed by atoms with Crippen molar-refractivity contribution < 1.29 is 17.7 Å². The molecule has 28 heavy (non-hydrogen) atoms. The maximum Gasteiger partial charge on any atom is 0.303 e. The summed E-state index contributed by atoms with van der Waals surface area (Å²) in [6, 6.07) is 10.0. The highest BCUT2D eigenvalue weighted by Gasteiger charge is 2.21. The van der Waals surface area contributed by atoms with E-state index in [4.69, 9.17) is 4.52 Å². The Balaban J connectivity index is 1.62. The van der Waals surface area contributed by atoms with E-state index in [9.17, 15) is 13.2 Å². The molecule has 2 aromatic heterocycles. The number of hydrogen-bond acceptors (Lipinski definition) is 7. The second-order valence-electron chi connectivity index (χ2n) is 5.98. The Morgan fingerprint density at radius 1 is 1.18 bits per heavy atom. The molecule has 0 fully saturated rings. The van der Waals surface area contributed by atoms with Gasteiger partial charge in [-0.15, -0.1) is 11.3 Å². The number of hydrogen-bond donors (Lipinski definition) is 1. The minimum atomic E-state index is -3.59. The molecule has 0 aliphatic rings. The molecule has 11 heteroatoms. The van der Waals surface area contributed by atoms with E-state index in [0.29, 0.717) is 23.0 Å². The third-order valence-corrected chi connectivity index (χ3v) is 6.60. The van der Waals surface area contributed by atoms with Crippen molar-refractivity contribution in [3.05, 3.63) is 53.2 Å². The molecule has 2 heterocycles. The third kappa shape index (κ3) is 4.21. The first-order valence-electron chi connectivity index (χ1n) is 8.20. The lowest BCUT2D eigenvalue weighted by atomic mass is 10.2. The Kier molecular flexibility index (Phi) is 5.77. The molecule has 0 bridgehead atoms. The predicted octanol–water partition coefficient (Wildman–Crippen LogP) is 1.97. The summed E-state index contributed by atoms with van der Waals surface area (Å²) in [5, 5.41) is 8.50. The highest BCUT2D eigenvalue weighted by molar-refractivity contribution is 7.90. The first-order chi connectivity index (χ1) is 13.3. The van der Waals surface area contributed by atoms with Crippen LogP contribution in [0.2, 0.25) is 0 Å². The van der Waals surface area contributed by atoms with Gasteiger partial charge in [0.15, 0.2) is 0 Å². The molecule has 3 aromatic rings. The van der Waals surface area contributed by atoms with Gasteiger partial charge in [-0.05, 0) is 35.7 Å². The molecule has 3 rings (SSSR count). The molecule has 0 aliphatic carbocycles. The van der Waals surface area contributed by atoms with Gasteiger partial charge >= 0.3 is 10.2 Å². The van der Waals surface area contributed by atoms with Crippen LogP contribution < -0.4 is 9.62 Å². The third-order valence-electron chi connectivity index (χ3n) is 3.91. The Labute approximate surface area is 166 Å². The zero-order valence-electron chi connectivity index (χ0n) is 15.5. The fourth-order valence-corrected chi connectivity index (χ4v) is 3.82. The average Bonchev–Trinajstić information content (AvgIpc) is 3.37. The first-order valence-corrected chi connectivity index (χ1v) is 10.5. The molecule has 0 aliphatic heterocycles. The fraction of sp³-hybridized carbons (Fsp3) is 0.235. The monoisotopic (exact) mass is 421 g/mol. The predicted molar refractivity (Wildman–Crippen MR) is 106 cm³/mol. The number of amides is 1. The number of rotatable bonds is 7. The van der Waals surface area contributed by atoms with Crippen molar-refractivity contribution in [1.82, 2.24) is 19.8 Å². The van der Waals surface area contributed by atoms with E-state index in [0.717, 1.165) is 13.5 Å². The number of thiophene rings is 1. The fourth-order valence-electron chi connectivity index (χ4n) is 2.29. The minimum Gasteiger partial charge on any atom is -0.343 e. The van der Waals surface area contributed by atoms with Crippen LogP contribution in [0.5, 0.6) is 0 Å². The number of benzene rings is 1. The lowest BCUT2D eigenvalue weighted by Crippen LogP contribution is -2.37.